The van der Waals surface area contributed by atoms with Gasteiger partial charge < -0.3 is 5.32 Å². The summed E-state index contributed by atoms with van der Waals surface area (Å²) < 4.78 is 61.7. The summed E-state index contributed by atoms with van der Waals surface area (Å²) in [5.41, 5.74) is 0.259. The normalized spacial score (nSPS) is 19.0. The van der Waals surface area contributed by atoms with Gasteiger partial charge >= 0.3 is 6.18 Å². The molecule has 0 bridgehead atoms. The number of benzene rings is 2. The number of halogens is 3. The van der Waals surface area contributed by atoms with E-state index in [9.17, 15) is 21.6 Å². The molecule has 5 nitrogen and oxygen atoms in total. The fourth-order valence-electron chi connectivity index (χ4n) is 3.34. The molecule has 0 aliphatic carbocycles. The minimum Gasteiger partial charge on any atom is -0.364 e. The molecule has 0 saturated carbocycles. The first kappa shape index (κ1) is 18.7. The highest BCUT2D eigenvalue weighted by Crippen LogP contribution is 2.33. The van der Waals surface area contributed by atoms with E-state index in [1.165, 1.54) is 12.1 Å². The summed E-state index contributed by atoms with van der Waals surface area (Å²) in [5, 5.41) is 13.0. The summed E-state index contributed by atoms with van der Waals surface area (Å²) in [7, 11) is -3.04. The highest BCUT2D eigenvalue weighted by Gasteiger charge is 2.30. The minimum atomic E-state index is -4.40. The Morgan fingerprint density at radius 3 is 2.25 bits per heavy atom. The number of nitrogens with zero attached hydrogens (tertiary/aromatic N) is 2. The molecule has 1 aliphatic rings. The lowest BCUT2D eigenvalue weighted by atomic mass is 10.0. The van der Waals surface area contributed by atoms with Gasteiger partial charge in [0.25, 0.3) is 0 Å². The number of hydrogen-bond acceptors (Lipinski definition) is 5. The van der Waals surface area contributed by atoms with Gasteiger partial charge in [-0.1, -0.05) is 36.4 Å². The third kappa shape index (κ3) is 3.66. The first-order valence-electron chi connectivity index (χ1n) is 8.63. The van der Waals surface area contributed by atoms with Crippen LogP contribution in [0.4, 0.5) is 19.0 Å². The van der Waals surface area contributed by atoms with Crippen molar-refractivity contribution >= 4 is 26.4 Å². The Hall–Kier alpha value is -2.68. The summed E-state index contributed by atoms with van der Waals surface area (Å²) in [5.74, 6) is 0.650. The quantitative estimate of drug-likeness (QED) is 0.713. The highest BCUT2D eigenvalue weighted by atomic mass is 32.2. The molecule has 0 spiro atoms. The largest absolute Gasteiger partial charge is 0.416 e. The molecular weight excluding hydrogens is 391 g/mol. The van der Waals surface area contributed by atoms with Crippen LogP contribution in [-0.4, -0.2) is 36.2 Å². The van der Waals surface area contributed by atoms with E-state index in [-0.39, 0.29) is 17.5 Å². The molecule has 146 valence electrons. The molecule has 2 aromatic carbocycles. The summed E-state index contributed by atoms with van der Waals surface area (Å²) >= 11 is 0. The molecule has 1 N–H and O–H groups in total. The van der Waals surface area contributed by atoms with Crippen LogP contribution in [0.2, 0.25) is 0 Å². The smallest absolute Gasteiger partial charge is 0.364 e. The van der Waals surface area contributed by atoms with Gasteiger partial charge in [0, 0.05) is 22.4 Å². The zero-order valence-corrected chi connectivity index (χ0v) is 15.4. The van der Waals surface area contributed by atoms with E-state index in [1.54, 1.807) is 6.07 Å². The van der Waals surface area contributed by atoms with Gasteiger partial charge in [0.2, 0.25) is 0 Å². The van der Waals surface area contributed by atoms with E-state index in [2.05, 4.69) is 15.5 Å². The summed E-state index contributed by atoms with van der Waals surface area (Å²) in [6, 6.07) is 11.8. The molecule has 9 heteroatoms. The van der Waals surface area contributed by atoms with Crippen LogP contribution in [0.1, 0.15) is 12.0 Å². The van der Waals surface area contributed by atoms with Gasteiger partial charge in [-0.25, -0.2) is 8.42 Å². The lowest BCUT2D eigenvalue weighted by molar-refractivity contribution is -0.137. The topological polar surface area (TPSA) is 72.0 Å². The SMILES string of the molecule is O=S1(=O)CC[C@@H](Nc2nnc(-c3ccc(C(F)(F)F)cc3)c3ccccc23)C1. The average molecular weight is 407 g/mol. The second-order valence-electron chi connectivity index (χ2n) is 6.76. The summed E-state index contributed by atoms with van der Waals surface area (Å²) in [4.78, 5) is 0. The van der Waals surface area contributed by atoms with Gasteiger partial charge in [-0.15, -0.1) is 10.2 Å². The molecule has 1 atom stereocenters. The first-order chi connectivity index (χ1) is 13.2. The number of fused-ring (bicyclic) bond motifs is 1. The zero-order valence-electron chi connectivity index (χ0n) is 14.6. The van der Waals surface area contributed by atoms with Crippen LogP contribution < -0.4 is 5.32 Å². The van der Waals surface area contributed by atoms with Crippen molar-refractivity contribution in [2.75, 3.05) is 16.8 Å². The lowest BCUT2D eigenvalue weighted by Gasteiger charge is -2.15. The van der Waals surface area contributed by atoms with Gasteiger partial charge in [0.15, 0.2) is 15.7 Å². The molecule has 28 heavy (non-hydrogen) atoms. The van der Waals surface area contributed by atoms with Crippen LogP contribution in [0.3, 0.4) is 0 Å². The number of hydrogen-bond donors (Lipinski definition) is 1. The molecule has 0 radical (unpaired) electrons. The van der Waals surface area contributed by atoms with E-state index in [4.69, 9.17) is 0 Å². The van der Waals surface area contributed by atoms with Crippen LogP contribution in [0.15, 0.2) is 48.5 Å². The van der Waals surface area contributed by atoms with Gasteiger partial charge in [0.05, 0.1) is 17.1 Å². The molecule has 1 aliphatic heterocycles. The minimum absolute atomic E-state index is 0.0453. The van der Waals surface area contributed by atoms with Gasteiger partial charge in [0.1, 0.15) is 5.69 Å². The summed E-state index contributed by atoms with van der Waals surface area (Å²) in [6.07, 6.45) is -3.90. The van der Waals surface area contributed by atoms with Gasteiger partial charge in [-0.3, -0.25) is 0 Å². The van der Waals surface area contributed by atoms with Crippen LogP contribution in [0.25, 0.3) is 22.0 Å². The van der Waals surface area contributed by atoms with Crippen molar-refractivity contribution in [3.63, 3.8) is 0 Å². The third-order valence-corrected chi connectivity index (χ3v) is 6.51. The molecule has 1 aromatic heterocycles. The third-order valence-electron chi connectivity index (χ3n) is 4.75. The van der Waals surface area contributed by atoms with Gasteiger partial charge in [-0.2, -0.15) is 13.2 Å². The number of sulfone groups is 1. The maximum absolute atomic E-state index is 12.8. The number of nitrogens with one attached hydrogen (secondary N) is 1. The molecular formula is C19H16F3N3O2S. The van der Waals surface area contributed by atoms with Crippen molar-refractivity contribution in [2.45, 2.75) is 18.6 Å². The van der Waals surface area contributed by atoms with Gasteiger partial charge in [-0.05, 0) is 18.6 Å². The monoisotopic (exact) mass is 407 g/mol. The molecule has 0 unspecified atom stereocenters. The van der Waals surface area contributed by atoms with Crippen LogP contribution >= 0.6 is 0 Å². The maximum Gasteiger partial charge on any atom is 0.416 e. The molecule has 4 rings (SSSR count). The molecule has 0 amide bonds. The second-order valence-corrected chi connectivity index (χ2v) is 8.99. The second kappa shape index (κ2) is 6.73. The Morgan fingerprint density at radius 1 is 0.964 bits per heavy atom. The number of rotatable bonds is 3. The van der Waals surface area contributed by atoms with Crippen LogP contribution in [0.5, 0.6) is 0 Å². The maximum atomic E-state index is 12.8. The van der Waals surface area contributed by atoms with E-state index in [0.717, 1.165) is 22.9 Å². The van der Waals surface area contributed by atoms with Crippen molar-refractivity contribution in [1.82, 2.24) is 10.2 Å². The summed E-state index contributed by atoms with van der Waals surface area (Å²) in [6.45, 7) is 0. The van der Waals surface area contributed by atoms with Crippen LogP contribution in [-0.2, 0) is 16.0 Å². The van der Waals surface area contributed by atoms with Crippen molar-refractivity contribution in [3.05, 3.63) is 54.1 Å². The number of anilines is 1. The molecule has 2 heterocycles. The predicted molar refractivity (Wildman–Crippen MR) is 101 cm³/mol. The van der Waals surface area contributed by atoms with E-state index in [0.29, 0.717) is 23.5 Å². The molecule has 1 fully saturated rings. The fraction of sp³-hybridized carbons (Fsp3) is 0.263. The first-order valence-corrected chi connectivity index (χ1v) is 10.5. The van der Waals surface area contributed by atoms with E-state index >= 15 is 0 Å². The Kier molecular flexibility index (Phi) is 4.49. The van der Waals surface area contributed by atoms with Crippen LogP contribution in [0, 0.1) is 0 Å². The average Bonchev–Trinajstić information content (AvgIpc) is 3.00. The standard InChI is InChI=1S/C19H16F3N3O2S/c20-19(21,22)13-7-5-12(6-8-13)17-15-3-1-2-4-16(15)18(25-24-17)23-14-9-10-28(26,27)11-14/h1-8,14H,9-11H2,(H,23,25)/t14-/m1/s1. The number of alkyl halides is 3. The highest BCUT2D eigenvalue weighted by molar-refractivity contribution is 7.91. The fourth-order valence-corrected chi connectivity index (χ4v) is 5.02. The Labute approximate surface area is 159 Å². The van der Waals surface area contributed by atoms with Crippen molar-refractivity contribution in [1.29, 1.82) is 0 Å². The van der Waals surface area contributed by atoms with Crippen molar-refractivity contribution in [2.24, 2.45) is 0 Å². The lowest BCUT2D eigenvalue weighted by Crippen LogP contribution is -2.21. The molecule has 3 aromatic rings. The predicted octanol–water partition coefficient (Wildman–Crippen LogP) is 3.91. The van der Waals surface area contributed by atoms with E-state index < -0.39 is 21.6 Å². The molecule has 1 saturated heterocycles. The Morgan fingerprint density at radius 2 is 1.64 bits per heavy atom. The number of aromatic nitrogens is 2. The zero-order chi connectivity index (χ0) is 19.9. The Bertz CT molecular complexity index is 1130. The van der Waals surface area contributed by atoms with E-state index in [1.807, 2.05) is 18.2 Å². The Balaban J connectivity index is 1.72. The van der Waals surface area contributed by atoms with Crippen molar-refractivity contribution < 1.29 is 21.6 Å². The van der Waals surface area contributed by atoms with Crippen molar-refractivity contribution in [3.8, 4) is 11.3 Å².